The predicted molar refractivity (Wildman–Crippen MR) is 111 cm³/mol. The molecule has 1 aliphatic heterocycles. The van der Waals surface area contributed by atoms with Crippen molar-refractivity contribution in [3.8, 4) is 5.75 Å². The monoisotopic (exact) mass is 420 g/mol. The van der Waals surface area contributed by atoms with Gasteiger partial charge >= 0.3 is 0 Å². The molecule has 0 radical (unpaired) electrons. The highest BCUT2D eigenvalue weighted by atomic mass is 19.2. The van der Waals surface area contributed by atoms with Gasteiger partial charge in [-0.2, -0.15) is 0 Å². The van der Waals surface area contributed by atoms with Crippen LogP contribution >= 0.6 is 0 Å². The van der Waals surface area contributed by atoms with Crippen molar-refractivity contribution in [2.75, 3.05) is 40.5 Å². The number of aliphatic hydroxyl groups excluding tert-OH is 1. The molecule has 1 saturated heterocycles. The van der Waals surface area contributed by atoms with E-state index in [1.54, 1.807) is 20.3 Å². The first-order chi connectivity index (χ1) is 14.5. The van der Waals surface area contributed by atoms with Crippen molar-refractivity contribution in [1.29, 1.82) is 0 Å². The van der Waals surface area contributed by atoms with Crippen molar-refractivity contribution in [3.63, 3.8) is 0 Å². The van der Waals surface area contributed by atoms with E-state index in [-0.39, 0.29) is 12.6 Å². The largest absolute Gasteiger partial charge is 0.496 e. The Labute approximate surface area is 176 Å². The predicted octanol–water partition coefficient (Wildman–Crippen LogP) is 3.19. The van der Waals surface area contributed by atoms with Gasteiger partial charge in [0.05, 0.1) is 13.7 Å². The molecule has 1 fully saturated rings. The van der Waals surface area contributed by atoms with Gasteiger partial charge in [-0.05, 0) is 41.8 Å². The molecular formula is C23H30F2N2O3. The molecule has 3 rings (SSSR count). The maximum absolute atomic E-state index is 13.6. The smallest absolute Gasteiger partial charge is 0.159 e. The van der Waals surface area contributed by atoms with E-state index >= 15 is 0 Å². The highest BCUT2D eigenvalue weighted by molar-refractivity contribution is 5.37. The zero-order valence-corrected chi connectivity index (χ0v) is 17.6. The third-order valence-corrected chi connectivity index (χ3v) is 5.57. The Morgan fingerprint density at radius 3 is 2.47 bits per heavy atom. The average molecular weight is 421 g/mol. The lowest BCUT2D eigenvalue weighted by molar-refractivity contribution is 0.0498. The number of hydrogen-bond donors (Lipinski definition) is 1. The summed E-state index contributed by atoms with van der Waals surface area (Å²) in [6.45, 7) is 4.37. The number of hydrogen-bond acceptors (Lipinski definition) is 5. The summed E-state index contributed by atoms with van der Waals surface area (Å²) in [5, 5.41) is 9.53. The zero-order valence-electron chi connectivity index (χ0n) is 17.6. The van der Waals surface area contributed by atoms with E-state index in [0.717, 1.165) is 43.1 Å². The lowest BCUT2D eigenvalue weighted by Gasteiger charge is -2.41. The summed E-state index contributed by atoms with van der Waals surface area (Å²) in [6.07, 6.45) is 0.637. The van der Waals surface area contributed by atoms with Gasteiger partial charge in [0, 0.05) is 58.0 Å². The van der Waals surface area contributed by atoms with Crippen LogP contribution in [-0.2, 0) is 24.4 Å². The minimum atomic E-state index is -0.831. The maximum Gasteiger partial charge on any atom is 0.159 e. The number of nitrogens with zero attached hydrogens (tertiary/aromatic N) is 2. The standard InChI is InChI=1S/C23H30F2N2O3/c1-29-16-19-11-17(4-6-23(19)30-2)13-26-8-9-27(20(15-26)7-10-28)14-18-3-5-21(24)22(25)12-18/h3-6,11-12,20,28H,7-10,13-16H2,1-2H3/t20-/m1/s1. The van der Waals surface area contributed by atoms with Crippen molar-refractivity contribution >= 4 is 0 Å². The fourth-order valence-electron chi connectivity index (χ4n) is 4.06. The first-order valence-electron chi connectivity index (χ1n) is 10.2. The second kappa shape index (κ2) is 10.8. The lowest BCUT2D eigenvalue weighted by atomic mass is 10.0. The van der Waals surface area contributed by atoms with Gasteiger partial charge in [0.1, 0.15) is 5.75 Å². The highest BCUT2D eigenvalue weighted by Crippen LogP contribution is 2.23. The topological polar surface area (TPSA) is 45.2 Å². The van der Waals surface area contributed by atoms with Gasteiger partial charge in [-0.25, -0.2) is 8.78 Å². The molecule has 0 saturated carbocycles. The normalized spacial score (nSPS) is 18.0. The molecule has 0 aromatic heterocycles. The molecule has 0 aliphatic carbocycles. The molecule has 2 aromatic rings. The molecule has 5 nitrogen and oxygen atoms in total. The van der Waals surface area contributed by atoms with Crippen LogP contribution in [0.25, 0.3) is 0 Å². The van der Waals surface area contributed by atoms with Gasteiger partial charge in [0.2, 0.25) is 0 Å². The zero-order chi connectivity index (χ0) is 21.5. The van der Waals surface area contributed by atoms with Crippen LogP contribution in [0, 0.1) is 11.6 Å². The Morgan fingerprint density at radius 1 is 1.00 bits per heavy atom. The molecule has 0 bridgehead atoms. The van der Waals surface area contributed by atoms with Crippen LogP contribution in [0.1, 0.15) is 23.1 Å². The third kappa shape index (κ3) is 5.76. The van der Waals surface area contributed by atoms with Gasteiger partial charge in [0.15, 0.2) is 11.6 Å². The van der Waals surface area contributed by atoms with Crippen molar-refractivity contribution in [1.82, 2.24) is 9.80 Å². The maximum atomic E-state index is 13.6. The van der Waals surface area contributed by atoms with Crippen LogP contribution in [0.2, 0.25) is 0 Å². The van der Waals surface area contributed by atoms with Crippen molar-refractivity contribution in [2.24, 2.45) is 0 Å². The molecule has 7 heteroatoms. The summed E-state index contributed by atoms with van der Waals surface area (Å²) in [5.41, 5.74) is 2.94. The van der Waals surface area contributed by atoms with Crippen molar-refractivity contribution in [3.05, 3.63) is 64.7 Å². The second-order valence-electron chi connectivity index (χ2n) is 7.70. The molecule has 0 spiro atoms. The molecule has 1 atom stereocenters. The summed E-state index contributed by atoms with van der Waals surface area (Å²) in [5.74, 6) is -0.839. The van der Waals surface area contributed by atoms with Crippen LogP contribution < -0.4 is 4.74 Å². The molecule has 1 heterocycles. The van der Waals surface area contributed by atoms with Gasteiger partial charge < -0.3 is 14.6 Å². The summed E-state index contributed by atoms with van der Waals surface area (Å²) in [6, 6.07) is 10.3. The van der Waals surface area contributed by atoms with Crippen LogP contribution in [0.3, 0.4) is 0 Å². The number of halogens is 2. The van der Waals surface area contributed by atoms with Crippen LogP contribution in [-0.4, -0.2) is 61.4 Å². The van der Waals surface area contributed by atoms with E-state index in [1.807, 2.05) is 6.07 Å². The van der Waals surface area contributed by atoms with Gasteiger partial charge in [-0.3, -0.25) is 9.80 Å². The second-order valence-corrected chi connectivity index (χ2v) is 7.70. The van der Waals surface area contributed by atoms with E-state index in [2.05, 4.69) is 21.9 Å². The van der Waals surface area contributed by atoms with Gasteiger partial charge in [0.25, 0.3) is 0 Å². The Kier molecular flexibility index (Phi) is 8.16. The van der Waals surface area contributed by atoms with E-state index in [0.29, 0.717) is 19.6 Å². The lowest BCUT2D eigenvalue weighted by Crippen LogP contribution is -2.52. The minimum absolute atomic E-state index is 0.0906. The van der Waals surface area contributed by atoms with Crippen LogP contribution in [0.4, 0.5) is 8.78 Å². The molecule has 1 N–H and O–H groups in total. The Morgan fingerprint density at radius 2 is 1.77 bits per heavy atom. The molecule has 0 amide bonds. The SMILES string of the molecule is COCc1cc(CN2CCN(Cc3ccc(F)c(F)c3)[C@H](CCO)C2)ccc1OC. The van der Waals surface area contributed by atoms with Gasteiger partial charge in [-0.15, -0.1) is 0 Å². The molecule has 1 aliphatic rings. The van der Waals surface area contributed by atoms with E-state index < -0.39 is 11.6 Å². The highest BCUT2D eigenvalue weighted by Gasteiger charge is 2.27. The number of ether oxygens (including phenoxy) is 2. The fourth-order valence-corrected chi connectivity index (χ4v) is 4.06. The summed E-state index contributed by atoms with van der Waals surface area (Å²) in [4.78, 5) is 4.60. The molecule has 2 aromatic carbocycles. The Balaban J connectivity index is 1.66. The average Bonchev–Trinajstić information content (AvgIpc) is 2.73. The summed E-state index contributed by atoms with van der Waals surface area (Å²) >= 11 is 0. The molecule has 0 unspecified atom stereocenters. The van der Waals surface area contributed by atoms with Crippen molar-refractivity contribution < 1.29 is 23.4 Å². The number of piperazine rings is 1. The van der Waals surface area contributed by atoms with Crippen molar-refractivity contribution in [2.45, 2.75) is 32.2 Å². The Bertz CT molecular complexity index is 834. The number of rotatable bonds is 9. The number of aliphatic hydroxyl groups is 1. The number of methoxy groups -OCH3 is 2. The van der Waals surface area contributed by atoms with E-state index in [9.17, 15) is 13.9 Å². The quantitative estimate of drug-likeness (QED) is 0.675. The Hall–Kier alpha value is -2.06. The summed E-state index contributed by atoms with van der Waals surface area (Å²) in [7, 11) is 3.32. The van der Waals surface area contributed by atoms with Crippen LogP contribution in [0.5, 0.6) is 5.75 Å². The first kappa shape index (κ1) is 22.6. The molecular weight excluding hydrogens is 390 g/mol. The van der Waals surface area contributed by atoms with E-state index in [4.69, 9.17) is 9.47 Å². The summed E-state index contributed by atoms with van der Waals surface area (Å²) < 4.78 is 37.5. The third-order valence-electron chi connectivity index (χ3n) is 5.57. The fraction of sp³-hybridized carbons (Fsp3) is 0.478. The number of benzene rings is 2. The molecule has 30 heavy (non-hydrogen) atoms. The first-order valence-corrected chi connectivity index (χ1v) is 10.2. The minimum Gasteiger partial charge on any atom is -0.496 e. The van der Waals surface area contributed by atoms with Gasteiger partial charge in [-0.1, -0.05) is 12.1 Å². The van der Waals surface area contributed by atoms with Crippen LogP contribution in [0.15, 0.2) is 36.4 Å². The van der Waals surface area contributed by atoms with E-state index in [1.165, 1.54) is 17.7 Å². The molecule has 164 valence electrons.